The maximum atomic E-state index is 12.8. The standard InChI is InChI=1S/C18H27N5O2/c1-13(24)21-16(14-6-2-3-7-14)17(25)22-15-8-4-11-23(12-15)18-19-9-5-10-20-18/h5,9-10,14-16H,2-4,6-8,11-12H2,1H3,(H,21,24)(H,22,25)/t15-,16+/m0/s1. The summed E-state index contributed by atoms with van der Waals surface area (Å²) in [4.78, 5) is 35.0. The van der Waals surface area contributed by atoms with E-state index in [1.54, 1.807) is 18.5 Å². The van der Waals surface area contributed by atoms with Gasteiger partial charge in [0.1, 0.15) is 6.04 Å². The van der Waals surface area contributed by atoms with Gasteiger partial charge in [0.2, 0.25) is 17.8 Å². The van der Waals surface area contributed by atoms with E-state index >= 15 is 0 Å². The molecular formula is C18H27N5O2. The van der Waals surface area contributed by atoms with Gasteiger partial charge in [-0.05, 0) is 37.7 Å². The van der Waals surface area contributed by atoms with Gasteiger partial charge in [-0.3, -0.25) is 9.59 Å². The number of hydrogen-bond donors (Lipinski definition) is 2. The monoisotopic (exact) mass is 345 g/mol. The number of aromatic nitrogens is 2. The average Bonchev–Trinajstić information content (AvgIpc) is 3.15. The van der Waals surface area contributed by atoms with Gasteiger partial charge in [0.25, 0.3) is 0 Å². The highest BCUT2D eigenvalue weighted by Crippen LogP contribution is 2.28. The minimum Gasteiger partial charge on any atom is -0.350 e. The summed E-state index contributed by atoms with van der Waals surface area (Å²) in [5, 5.41) is 6.01. The summed E-state index contributed by atoms with van der Waals surface area (Å²) >= 11 is 0. The smallest absolute Gasteiger partial charge is 0.243 e. The molecule has 0 bridgehead atoms. The van der Waals surface area contributed by atoms with Crippen molar-refractivity contribution < 1.29 is 9.59 Å². The molecule has 25 heavy (non-hydrogen) atoms. The van der Waals surface area contributed by atoms with Crippen LogP contribution in [0.4, 0.5) is 5.95 Å². The maximum absolute atomic E-state index is 12.8. The zero-order valence-electron chi connectivity index (χ0n) is 14.8. The number of nitrogens with one attached hydrogen (secondary N) is 2. The van der Waals surface area contributed by atoms with Gasteiger partial charge in [0.05, 0.1) is 0 Å². The summed E-state index contributed by atoms with van der Waals surface area (Å²) in [6, 6.07) is 1.44. The van der Waals surface area contributed by atoms with Gasteiger partial charge in [-0.2, -0.15) is 0 Å². The first-order valence-electron chi connectivity index (χ1n) is 9.23. The van der Waals surface area contributed by atoms with Crippen molar-refractivity contribution >= 4 is 17.8 Å². The Labute approximate surface area is 148 Å². The van der Waals surface area contributed by atoms with Crippen LogP contribution in [0.3, 0.4) is 0 Å². The SMILES string of the molecule is CC(=O)N[C@@H](C(=O)N[C@H]1CCCN(c2ncccn2)C1)C1CCCC1. The molecule has 1 aliphatic carbocycles. The predicted molar refractivity (Wildman–Crippen MR) is 95.0 cm³/mol. The lowest BCUT2D eigenvalue weighted by atomic mass is 9.96. The molecule has 0 spiro atoms. The Morgan fingerprint density at radius 2 is 1.88 bits per heavy atom. The third-order valence-electron chi connectivity index (χ3n) is 5.12. The predicted octanol–water partition coefficient (Wildman–Crippen LogP) is 1.26. The molecule has 2 fully saturated rings. The van der Waals surface area contributed by atoms with E-state index in [0.717, 1.165) is 45.1 Å². The van der Waals surface area contributed by atoms with Crippen LogP contribution in [0.15, 0.2) is 18.5 Å². The summed E-state index contributed by atoms with van der Waals surface area (Å²) in [6.45, 7) is 3.08. The lowest BCUT2D eigenvalue weighted by Gasteiger charge is -2.34. The second-order valence-corrected chi connectivity index (χ2v) is 7.07. The van der Waals surface area contributed by atoms with E-state index in [9.17, 15) is 9.59 Å². The van der Waals surface area contributed by atoms with Crippen molar-refractivity contribution in [3.63, 3.8) is 0 Å². The van der Waals surface area contributed by atoms with Crippen LogP contribution in [0.2, 0.25) is 0 Å². The van der Waals surface area contributed by atoms with E-state index in [0.29, 0.717) is 12.5 Å². The van der Waals surface area contributed by atoms with Crippen LogP contribution in [0, 0.1) is 5.92 Å². The quantitative estimate of drug-likeness (QED) is 0.839. The average molecular weight is 345 g/mol. The number of carbonyl (C=O) groups is 2. The van der Waals surface area contributed by atoms with Crippen molar-refractivity contribution in [3.8, 4) is 0 Å². The Bertz CT molecular complexity index is 588. The van der Waals surface area contributed by atoms with Gasteiger partial charge in [0, 0.05) is 38.4 Å². The van der Waals surface area contributed by atoms with Crippen LogP contribution in [0.25, 0.3) is 0 Å². The van der Waals surface area contributed by atoms with Gasteiger partial charge < -0.3 is 15.5 Å². The van der Waals surface area contributed by atoms with E-state index in [-0.39, 0.29) is 23.8 Å². The summed E-state index contributed by atoms with van der Waals surface area (Å²) in [5.74, 6) is 0.759. The van der Waals surface area contributed by atoms with E-state index in [4.69, 9.17) is 0 Å². The topological polar surface area (TPSA) is 87.2 Å². The fourth-order valence-corrected chi connectivity index (χ4v) is 3.93. The van der Waals surface area contributed by atoms with Crippen molar-refractivity contribution in [1.29, 1.82) is 0 Å². The van der Waals surface area contributed by atoms with Crippen LogP contribution >= 0.6 is 0 Å². The molecule has 1 aromatic heterocycles. The molecule has 1 saturated carbocycles. The molecule has 1 aliphatic heterocycles. The number of rotatable bonds is 5. The van der Waals surface area contributed by atoms with E-state index in [2.05, 4.69) is 25.5 Å². The number of hydrogen-bond acceptors (Lipinski definition) is 5. The Morgan fingerprint density at radius 3 is 2.56 bits per heavy atom. The first kappa shape index (κ1) is 17.6. The highest BCUT2D eigenvalue weighted by molar-refractivity contribution is 5.87. The van der Waals surface area contributed by atoms with Crippen molar-refractivity contribution in [1.82, 2.24) is 20.6 Å². The van der Waals surface area contributed by atoms with Gasteiger partial charge in [-0.1, -0.05) is 12.8 Å². The highest BCUT2D eigenvalue weighted by atomic mass is 16.2. The minimum absolute atomic E-state index is 0.0528. The van der Waals surface area contributed by atoms with E-state index < -0.39 is 6.04 Å². The maximum Gasteiger partial charge on any atom is 0.243 e. The number of piperidine rings is 1. The molecule has 0 unspecified atom stereocenters. The summed E-state index contributed by atoms with van der Waals surface area (Å²) in [7, 11) is 0. The Morgan fingerprint density at radius 1 is 1.16 bits per heavy atom. The van der Waals surface area contributed by atoms with Gasteiger partial charge >= 0.3 is 0 Å². The van der Waals surface area contributed by atoms with Gasteiger partial charge in [-0.15, -0.1) is 0 Å². The molecule has 2 amide bonds. The first-order chi connectivity index (χ1) is 12.1. The molecule has 0 radical (unpaired) electrons. The molecule has 7 heteroatoms. The Balaban J connectivity index is 1.61. The van der Waals surface area contributed by atoms with Crippen LogP contribution in [0.5, 0.6) is 0 Å². The lowest BCUT2D eigenvalue weighted by molar-refractivity contribution is -0.130. The van der Waals surface area contributed by atoms with Gasteiger partial charge in [-0.25, -0.2) is 9.97 Å². The number of amides is 2. The molecule has 2 N–H and O–H groups in total. The molecule has 7 nitrogen and oxygen atoms in total. The molecular weight excluding hydrogens is 318 g/mol. The first-order valence-corrected chi connectivity index (χ1v) is 9.23. The number of carbonyl (C=O) groups excluding carboxylic acids is 2. The largest absolute Gasteiger partial charge is 0.350 e. The zero-order valence-corrected chi connectivity index (χ0v) is 14.8. The molecule has 3 rings (SSSR count). The van der Waals surface area contributed by atoms with E-state index in [1.165, 1.54) is 6.92 Å². The highest BCUT2D eigenvalue weighted by Gasteiger charge is 2.33. The Kier molecular flexibility index (Phi) is 5.83. The fourth-order valence-electron chi connectivity index (χ4n) is 3.93. The third-order valence-corrected chi connectivity index (χ3v) is 5.12. The van der Waals surface area contributed by atoms with Crippen LogP contribution in [-0.2, 0) is 9.59 Å². The lowest BCUT2D eigenvalue weighted by Crippen LogP contribution is -2.55. The number of anilines is 1. The summed E-state index contributed by atoms with van der Waals surface area (Å²) in [6.07, 6.45) is 9.67. The number of nitrogens with zero attached hydrogens (tertiary/aromatic N) is 3. The normalized spacial score (nSPS) is 22.4. The Hall–Kier alpha value is -2.18. The van der Waals surface area contributed by atoms with Crippen LogP contribution < -0.4 is 15.5 Å². The van der Waals surface area contributed by atoms with Gasteiger partial charge in [0.15, 0.2) is 0 Å². The van der Waals surface area contributed by atoms with Crippen molar-refractivity contribution in [2.45, 2.75) is 57.5 Å². The minimum atomic E-state index is -0.414. The summed E-state index contributed by atoms with van der Waals surface area (Å²) in [5.41, 5.74) is 0. The van der Waals surface area contributed by atoms with Crippen LogP contribution in [0.1, 0.15) is 45.4 Å². The molecule has 2 atom stereocenters. The van der Waals surface area contributed by atoms with Crippen LogP contribution in [-0.4, -0.2) is 47.0 Å². The fraction of sp³-hybridized carbons (Fsp3) is 0.667. The molecule has 0 aromatic carbocycles. The van der Waals surface area contributed by atoms with E-state index in [1.807, 2.05) is 0 Å². The van der Waals surface area contributed by atoms with Crippen molar-refractivity contribution in [2.24, 2.45) is 5.92 Å². The molecule has 2 aliphatic rings. The van der Waals surface area contributed by atoms with Crippen molar-refractivity contribution in [3.05, 3.63) is 18.5 Å². The molecule has 2 heterocycles. The second kappa shape index (κ2) is 8.27. The molecule has 1 aromatic rings. The zero-order chi connectivity index (χ0) is 17.6. The molecule has 136 valence electrons. The molecule has 1 saturated heterocycles. The summed E-state index contributed by atoms with van der Waals surface area (Å²) < 4.78 is 0. The van der Waals surface area contributed by atoms with Crippen molar-refractivity contribution in [2.75, 3.05) is 18.0 Å². The second-order valence-electron chi connectivity index (χ2n) is 7.07. The third kappa shape index (κ3) is 4.67.